The minimum Gasteiger partial charge on any atom is -0.326 e. The summed E-state index contributed by atoms with van der Waals surface area (Å²) in [6.45, 7) is 2.08. The summed E-state index contributed by atoms with van der Waals surface area (Å²) < 4.78 is 0. The van der Waals surface area contributed by atoms with Gasteiger partial charge in [-0.3, -0.25) is 14.4 Å². The van der Waals surface area contributed by atoms with Crippen molar-refractivity contribution in [1.82, 2.24) is 9.97 Å². The van der Waals surface area contributed by atoms with Gasteiger partial charge < -0.3 is 15.6 Å². The smallest absolute Gasteiger partial charge is 0.257 e. The van der Waals surface area contributed by atoms with Crippen LogP contribution in [0.3, 0.4) is 0 Å². The van der Waals surface area contributed by atoms with E-state index in [1.807, 2.05) is 6.07 Å². The molecule has 0 spiro atoms. The Kier molecular flexibility index (Phi) is 5.72. The molecule has 1 aliphatic heterocycles. The summed E-state index contributed by atoms with van der Waals surface area (Å²) in [6.07, 6.45) is 1.96. The van der Waals surface area contributed by atoms with Gasteiger partial charge in [0.1, 0.15) is 5.82 Å². The van der Waals surface area contributed by atoms with E-state index < -0.39 is 11.8 Å². The number of fused-ring (bicyclic) bond motifs is 1. The molecule has 1 atom stereocenters. The van der Waals surface area contributed by atoms with Gasteiger partial charge in [-0.2, -0.15) is 0 Å². The van der Waals surface area contributed by atoms with E-state index in [0.717, 1.165) is 18.6 Å². The second kappa shape index (κ2) is 8.18. The van der Waals surface area contributed by atoms with E-state index in [1.165, 1.54) is 11.8 Å². The van der Waals surface area contributed by atoms with Gasteiger partial charge in [-0.05, 0) is 18.6 Å². The minimum atomic E-state index is -0.870. The summed E-state index contributed by atoms with van der Waals surface area (Å²) in [6, 6.07) is 8.93. The van der Waals surface area contributed by atoms with Gasteiger partial charge in [-0.25, -0.2) is 4.98 Å². The highest BCUT2D eigenvalue weighted by molar-refractivity contribution is 7.99. The molecule has 2 aromatic rings. The Morgan fingerprint density at radius 3 is 2.81 bits per heavy atom. The lowest BCUT2D eigenvalue weighted by molar-refractivity contribution is -0.123. The number of hydrogen-bond acceptors (Lipinski definition) is 5. The fourth-order valence-corrected chi connectivity index (χ4v) is 3.65. The average molecular weight is 372 g/mol. The number of amides is 2. The second-order valence-electron chi connectivity index (χ2n) is 6.00. The summed E-state index contributed by atoms with van der Waals surface area (Å²) in [5.41, 5.74) is 0.432. The van der Waals surface area contributed by atoms with Crippen LogP contribution in [0.4, 0.5) is 11.5 Å². The van der Waals surface area contributed by atoms with Crippen LogP contribution in [0, 0.1) is 0 Å². The molecular formula is C18H20N4O3S. The van der Waals surface area contributed by atoms with Crippen LogP contribution in [0.1, 0.15) is 37.7 Å². The van der Waals surface area contributed by atoms with Crippen molar-refractivity contribution in [2.45, 2.75) is 37.3 Å². The number of rotatable bonds is 6. The quantitative estimate of drug-likeness (QED) is 0.411. The van der Waals surface area contributed by atoms with Crippen molar-refractivity contribution in [3.8, 4) is 0 Å². The number of carbonyl (C=O) groups is 2. The first kappa shape index (κ1) is 18.2. The van der Waals surface area contributed by atoms with Gasteiger partial charge in [0.15, 0.2) is 5.16 Å². The van der Waals surface area contributed by atoms with Crippen molar-refractivity contribution in [2.75, 3.05) is 16.4 Å². The molecule has 3 N–H and O–H groups in total. The SMILES string of the molecule is CCCCSc1nc2c(c(=O)[nH]1)[C@H](C(=O)Nc1ccccc1)CC(=O)N2. The predicted octanol–water partition coefficient (Wildman–Crippen LogP) is 2.73. The Bertz CT molecular complexity index is 866. The number of nitrogens with zero attached hydrogens (tertiary/aromatic N) is 1. The fraction of sp³-hybridized carbons (Fsp3) is 0.333. The van der Waals surface area contributed by atoms with Gasteiger partial charge >= 0.3 is 0 Å². The number of H-pyrrole nitrogens is 1. The van der Waals surface area contributed by atoms with E-state index in [0.29, 0.717) is 10.8 Å². The summed E-state index contributed by atoms with van der Waals surface area (Å²) in [5.74, 6) is -0.592. The lowest BCUT2D eigenvalue weighted by Gasteiger charge is -2.23. The zero-order valence-corrected chi connectivity index (χ0v) is 15.2. The molecule has 0 bridgehead atoms. The van der Waals surface area contributed by atoms with Gasteiger partial charge in [0.2, 0.25) is 11.8 Å². The number of benzene rings is 1. The third-order valence-electron chi connectivity index (χ3n) is 4.02. The van der Waals surface area contributed by atoms with Crippen LogP contribution >= 0.6 is 11.8 Å². The van der Waals surface area contributed by atoms with Crippen molar-refractivity contribution in [3.05, 3.63) is 46.2 Å². The molecule has 136 valence electrons. The molecule has 1 aromatic heterocycles. The molecule has 0 fully saturated rings. The molecule has 2 heterocycles. The molecule has 0 saturated carbocycles. The maximum Gasteiger partial charge on any atom is 0.257 e. The zero-order chi connectivity index (χ0) is 18.5. The summed E-state index contributed by atoms with van der Waals surface area (Å²) in [7, 11) is 0. The lowest BCUT2D eigenvalue weighted by Crippen LogP contribution is -2.36. The van der Waals surface area contributed by atoms with Crippen molar-refractivity contribution in [3.63, 3.8) is 0 Å². The van der Waals surface area contributed by atoms with E-state index in [-0.39, 0.29) is 29.3 Å². The highest BCUT2D eigenvalue weighted by Gasteiger charge is 2.34. The summed E-state index contributed by atoms with van der Waals surface area (Å²) in [5, 5.41) is 5.82. The molecule has 1 aromatic carbocycles. The zero-order valence-electron chi connectivity index (χ0n) is 14.4. The highest BCUT2D eigenvalue weighted by atomic mass is 32.2. The molecule has 0 radical (unpaired) electrons. The number of aromatic nitrogens is 2. The Morgan fingerprint density at radius 1 is 1.31 bits per heavy atom. The first-order valence-electron chi connectivity index (χ1n) is 8.51. The van der Waals surface area contributed by atoms with Gasteiger partial charge in [0, 0.05) is 17.9 Å². The molecule has 0 unspecified atom stereocenters. The van der Waals surface area contributed by atoms with Crippen molar-refractivity contribution in [2.24, 2.45) is 0 Å². The molecule has 26 heavy (non-hydrogen) atoms. The number of nitrogens with one attached hydrogen (secondary N) is 3. The fourth-order valence-electron chi connectivity index (χ4n) is 2.71. The Balaban J connectivity index is 1.87. The Labute approximate surface area is 155 Å². The summed E-state index contributed by atoms with van der Waals surface area (Å²) >= 11 is 1.43. The van der Waals surface area contributed by atoms with Crippen LogP contribution in [-0.4, -0.2) is 27.5 Å². The maximum atomic E-state index is 12.6. The largest absolute Gasteiger partial charge is 0.326 e. The molecule has 2 amide bonds. The van der Waals surface area contributed by atoms with Crippen LogP contribution < -0.4 is 16.2 Å². The van der Waals surface area contributed by atoms with Crippen molar-refractivity contribution >= 4 is 35.1 Å². The predicted molar refractivity (Wildman–Crippen MR) is 102 cm³/mol. The van der Waals surface area contributed by atoms with Gasteiger partial charge in [0.25, 0.3) is 5.56 Å². The van der Waals surface area contributed by atoms with E-state index in [4.69, 9.17) is 0 Å². The van der Waals surface area contributed by atoms with Crippen LogP contribution in [0.5, 0.6) is 0 Å². The maximum absolute atomic E-state index is 12.6. The standard InChI is InChI=1S/C18H20N4O3S/c1-2-3-9-26-18-21-15-14(17(25)22-18)12(10-13(23)20-15)16(24)19-11-7-5-4-6-8-11/h4-8,12H,2-3,9-10H2,1H3,(H,19,24)(H2,20,21,22,23,25)/t12-/m1/s1. The Hall–Kier alpha value is -2.61. The van der Waals surface area contributed by atoms with Gasteiger partial charge in [-0.15, -0.1) is 0 Å². The van der Waals surface area contributed by atoms with Crippen LogP contribution in [0.15, 0.2) is 40.3 Å². The topological polar surface area (TPSA) is 104 Å². The van der Waals surface area contributed by atoms with Crippen molar-refractivity contribution in [1.29, 1.82) is 0 Å². The lowest BCUT2D eigenvalue weighted by atomic mass is 9.92. The summed E-state index contributed by atoms with van der Waals surface area (Å²) in [4.78, 5) is 44.3. The number of carbonyl (C=O) groups excluding carboxylic acids is 2. The number of para-hydroxylation sites is 1. The number of hydrogen-bond donors (Lipinski definition) is 3. The molecule has 1 aliphatic rings. The van der Waals surface area contributed by atoms with E-state index in [9.17, 15) is 14.4 Å². The molecule has 0 aliphatic carbocycles. The number of anilines is 2. The molecule has 7 nitrogen and oxygen atoms in total. The Morgan fingerprint density at radius 2 is 2.08 bits per heavy atom. The molecule has 8 heteroatoms. The van der Waals surface area contributed by atoms with E-state index in [1.54, 1.807) is 24.3 Å². The monoisotopic (exact) mass is 372 g/mol. The number of unbranched alkanes of at least 4 members (excludes halogenated alkanes) is 1. The first-order chi connectivity index (χ1) is 12.6. The van der Waals surface area contributed by atoms with E-state index in [2.05, 4.69) is 27.5 Å². The number of thioether (sulfide) groups is 1. The number of aromatic amines is 1. The van der Waals surface area contributed by atoms with Crippen LogP contribution in [0.25, 0.3) is 0 Å². The molecule has 0 saturated heterocycles. The third-order valence-corrected chi connectivity index (χ3v) is 4.98. The van der Waals surface area contributed by atoms with Crippen LogP contribution in [0.2, 0.25) is 0 Å². The van der Waals surface area contributed by atoms with Crippen molar-refractivity contribution < 1.29 is 9.59 Å². The second-order valence-corrected chi connectivity index (χ2v) is 7.08. The average Bonchev–Trinajstić information content (AvgIpc) is 2.61. The normalized spacial score (nSPS) is 15.9. The van der Waals surface area contributed by atoms with Gasteiger partial charge in [0.05, 0.1) is 11.5 Å². The van der Waals surface area contributed by atoms with Gasteiger partial charge in [-0.1, -0.05) is 43.3 Å². The highest BCUT2D eigenvalue weighted by Crippen LogP contribution is 2.30. The van der Waals surface area contributed by atoms with Crippen LogP contribution in [-0.2, 0) is 9.59 Å². The molecule has 3 rings (SSSR count). The third kappa shape index (κ3) is 4.13. The molecular weight excluding hydrogens is 352 g/mol. The first-order valence-corrected chi connectivity index (χ1v) is 9.49. The minimum absolute atomic E-state index is 0.0846. The van der Waals surface area contributed by atoms with E-state index >= 15 is 0 Å².